The number of fused-ring (bicyclic) bond motifs is 1. The maximum absolute atomic E-state index is 12.4. The van der Waals surface area contributed by atoms with E-state index in [9.17, 15) is 23.1 Å². The molecule has 1 aromatic carbocycles. The number of ketones is 1. The number of phenolic OH excluding ortho intramolecular Hbond substituents is 1. The van der Waals surface area contributed by atoms with Gasteiger partial charge in [-0.1, -0.05) is 0 Å². The average molecular weight is 259 g/mol. The maximum Gasteiger partial charge on any atom is 0.455 e. The minimum atomic E-state index is -4.99. The van der Waals surface area contributed by atoms with E-state index in [1.165, 1.54) is 0 Å². The second-order valence-corrected chi connectivity index (χ2v) is 4.27. The number of phenols is 1. The first-order valence-corrected chi connectivity index (χ1v) is 5.54. The van der Waals surface area contributed by atoms with Gasteiger partial charge in [-0.2, -0.15) is 13.2 Å². The van der Waals surface area contributed by atoms with Crippen molar-refractivity contribution >= 4 is 5.78 Å². The zero-order valence-electron chi connectivity index (χ0n) is 9.47. The molecule has 6 heteroatoms. The molecule has 3 nitrogen and oxygen atoms in total. The van der Waals surface area contributed by atoms with Crippen LogP contribution in [0.2, 0.25) is 0 Å². The molecule has 1 aliphatic rings. The summed E-state index contributed by atoms with van der Waals surface area (Å²) in [4.78, 5) is 11.2. The lowest BCUT2D eigenvalue weighted by atomic mass is 9.96. The van der Waals surface area contributed by atoms with Gasteiger partial charge in [-0.05, 0) is 36.5 Å². The van der Waals surface area contributed by atoms with Crippen LogP contribution in [0.1, 0.15) is 33.5 Å². The maximum atomic E-state index is 12.4. The number of benzene rings is 1. The average Bonchev–Trinajstić information content (AvgIpc) is 2.73. The van der Waals surface area contributed by atoms with Gasteiger partial charge in [0, 0.05) is 12.1 Å². The Morgan fingerprint density at radius 3 is 2.61 bits per heavy atom. The highest BCUT2D eigenvalue weighted by Crippen LogP contribution is 2.37. The van der Waals surface area contributed by atoms with Gasteiger partial charge in [0.15, 0.2) is 0 Å². The van der Waals surface area contributed by atoms with Crippen molar-refractivity contribution in [3.8, 4) is 5.75 Å². The Labute approximate surface area is 101 Å². The van der Waals surface area contributed by atoms with Crippen molar-refractivity contribution in [2.24, 2.45) is 5.73 Å². The van der Waals surface area contributed by atoms with Gasteiger partial charge in [-0.3, -0.25) is 4.79 Å². The normalized spacial score (nSPS) is 14.7. The van der Waals surface area contributed by atoms with Gasteiger partial charge in [-0.25, -0.2) is 0 Å². The number of carbonyl (C=O) groups is 1. The Hall–Kier alpha value is -1.56. The van der Waals surface area contributed by atoms with E-state index in [0.717, 1.165) is 18.1 Å². The predicted octanol–water partition coefficient (Wildman–Crippen LogP) is 2.08. The van der Waals surface area contributed by atoms with Crippen LogP contribution in [-0.2, 0) is 19.4 Å². The largest absolute Gasteiger partial charge is 0.507 e. The molecule has 3 N–H and O–H groups in total. The fraction of sp³-hybridized carbons (Fsp3) is 0.417. The van der Waals surface area contributed by atoms with E-state index >= 15 is 0 Å². The first kappa shape index (κ1) is 12.9. The number of Topliss-reactive ketones (excluding diaryl/α,β-unsaturated/α-hetero) is 1. The summed E-state index contributed by atoms with van der Waals surface area (Å²) in [6.45, 7) is -0.0762. The van der Waals surface area contributed by atoms with E-state index in [-0.39, 0.29) is 12.1 Å². The molecule has 1 aromatic rings. The molecule has 0 radical (unpaired) electrons. The number of aromatic hydroxyl groups is 1. The lowest BCUT2D eigenvalue weighted by Crippen LogP contribution is -2.23. The van der Waals surface area contributed by atoms with E-state index in [2.05, 4.69) is 0 Å². The summed E-state index contributed by atoms with van der Waals surface area (Å²) in [7, 11) is 0. The monoisotopic (exact) mass is 259 g/mol. The fourth-order valence-electron chi connectivity index (χ4n) is 2.36. The van der Waals surface area contributed by atoms with Crippen LogP contribution in [0.15, 0.2) is 6.07 Å². The molecule has 2 rings (SSSR count). The third-order valence-electron chi connectivity index (χ3n) is 3.19. The standard InChI is InChI=1S/C12H12F3NO2/c13-12(14,15)11(18)8-4-6-2-1-3-7(6)9(5-16)10(8)17/h4,17H,1-3,5,16H2. The number of alkyl halides is 3. The van der Waals surface area contributed by atoms with Crippen LogP contribution < -0.4 is 5.73 Å². The molecule has 0 fully saturated rings. The zero-order chi connectivity index (χ0) is 13.5. The molecule has 0 bridgehead atoms. The molecule has 98 valence electrons. The number of rotatable bonds is 2. The molecule has 1 aliphatic carbocycles. The molecule has 0 saturated carbocycles. The predicted molar refractivity (Wildman–Crippen MR) is 58.4 cm³/mol. The van der Waals surface area contributed by atoms with Crippen molar-refractivity contribution in [1.29, 1.82) is 0 Å². The first-order valence-electron chi connectivity index (χ1n) is 5.54. The molecule has 18 heavy (non-hydrogen) atoms. The highest BCUT2D eigenvalue weighted by Gasteiger charge is 2.41. The third kappa shape index (κ3) is 1.96. The third-order valence-corrected chi connectivity index (χ3v) is 3.19. The second kappa shape index (κ2) is 4.28. The molecule has 0 atom stereocenters. The quantitative estimate of drug-likeness (QED) is 0.799. The van der Waals surface area contributed by atoms with Gasteiger partial charge in [0.2, 0.25) is 0 Å². The molecule has 0 amide bonds. The van der Waals surface area contributed by atoms with Gasteiger partial charge in [0.05, 0.1) is 5.56 Å². The summed E-state index contributed by atoms with van der Waals surface area (Å²) in [5.41, 5.74) is 6.49. The molecule has 0 aliphatic heterocycles. The summed E-state index contributed by atoms with van der Waals surface area (Å²) in [5, 5.41) is 9.79. The van der Waals surface area contributed by atoms with Crippen LogP contribution in [0.5, 0.6) is 5.75 Å². The highest BCUT2D eigenvalue weighted by atomic mass is 19.4. The molecule has 0 aromatic heterocycles. The lowest BCUT2D eigenvalue weighted by Gasteiger charge is -2.14. The van der Waals surface area contributed by atoms with Gasteiger partial charge in [0.25, 0.3) is 5.78 Å². The summed E-state index contributed by atoms with van der Waals surface area (Å²) >= 11 is 0. The molecule has 0 spiro atoms. The van der Waals surface area contributed by atoms with Crippen LogP contribution in [0.25, 0.3) is 0 Å². The molecule has 0 unspecified atom stereocenters. The number of hydrogen-bond donors (Lipinski definition) is 2. The Morgan fingerprint density at radius 1 is 1.39 bits per heavy atom. The topological polar surface area (TPSA) is 63.3 Å². The van der Waals surface area contributed by atoms with Gasteiger partial charge < -0.3 is 10.8 Å². The van der Waals surface area contributed by atoms with Crippen LogP contribution in [0.3, 0.4) is 0 Å². The zero-order valence-corrected chi connectivity index (χ0v) is 9.47. The Balaban J connectivity index is 2.60. The van der Waals surface area contributed by atoms with Gasteiger partial charge in [-0.15, -0.1) is 0 Å². The van der Waals surface area contributed by atoms with Crippen LogP contribution in [0.4, 0.5) is 13.2 Å². The summed E-state index contributed by atoms with van der Waals surface area (Å²) < 4.78 is 37.2. The van der Waals surface area contributed by atoms with E-state index in [0.29, 0.717) is 18.4 Å². The van der Waals surface area contributed by atoms with Crippen molar-refractivity contribution in [1.82, 2.24) is 0 Å². The number of halogens is 3. The smallest absolute Gasteiger partial charge is 0.455 e. The fourth-order valence-corrected chi connectivity index (χ4v) is 2.36. The number of aryl methyl sites for hydroxylation is 1. The van der Waals surface area contributed by atoms with Crippen molar-refractivity contribution in [2.45, 2.75) is 32.0 Å². The minimum absolute atomic E-state index is 0.0762. The number of hydrogen-bond acceptors (Lipinski definition) is 3. The van der Waals surface area contributed by atoms with E-state index in [1.807, 2.05) is 0 Å². The van der Waals surface area contributed by atoms with Crippen LogP contribution in [-0.4, -0.2) is 17.1 Å². The van der Waals surface area contributed by atoms with Crippen molar-refractivity contribution in [2.75, 3.05) is 0 Å². The molecule has 0 heterocycles. The highest BCUT2D eigenvalue weighted by molar-refractivity contribution is 6.03. The van der Waals surface area contributed by atoms with Gasteiger partial charge in [0.1, 0.15) is 5.75 Å². The van der Waals surface area contributed by atoms with E-state index in [4.69, 9.17) is 5.73 Å². The number of nitrogens with two attached hydrogens (primary N) is 1. The summed E-state index contributed by atoms with van der Waals surface area (Å²) in [6, 6.07) is 1.15. The second-order valence-electron chi connectivity index (χ2n) is 4.27. The molecular weight excluding hydrogens is 247 g/mol. The minimum Gasteiger partial charge on any atom is -0.507 e. The first-order chi connectivity index (χ1) is 8.36. The number of carbonyl (C=O) groups excluding carboxylic acids is 1. The Morgan fingerprint density at radius 2 is 2.06 bits per heavy atom. The Kier molecular flexibility index (Phi) is 3.06. The molecule has 0 saturated heterocycles. The summed E-state index contributed by atoms with van der Waals surface area (Å²) in [5.74, 6) is -2.65. The summed E-state index contributed by atoms with van der Waals surface area (Å²) in [6.07, 6.45) is -2.90. The van der Waals surface area contributed by atoms with Crippen molar-refractivity contribution in [3.63, 3.8) is 0 Å². The van der Waals surface area contributed by atoms with E-state index < -0.39 is 23.3 Å². The van der Waals surface area contributed by atoms with E-state index in [1.54, 1.807) is 0 Å². The molecular formula is C12H12F3NO2. The van der Waals surface area contributed by atoms with Crippen LogP contribution >= 0.6 is 0 Å². The van der Waals surface area contributed by atoms with Crippen LogP contribution in [0, 0.1) is 0 Å². The van der Waals surface area contributed by atoms with Gasteiger partial charge >= 0.3 is 6.18 Å². The van der Waals surface area contributed by atoms with Crippen molar-refractivity contribution < 1.29 is 23.1 Å². The van der Waals surface area contributed by atoms with Crippen molar-refractivity contribution in [3.05, 3.63) is 28.3 Å². The SMILES string of the molecule is NCc1c(O)c(C(=O)C(F)(F)F)cc2c1CCC2. The Bertz CT molecular complexity index is 509. The lowest BCUT2D eigenvalue weighted by molar-refractivity contribution is -0.0886.